The van der Waals surface area contributed by atoms with E-state index in [2.05, 4.69) is 15.3 Å². The second-order valence-corrected chi connectivity index (χ2v) is 6.53. The van der Waals surface area contributed by atoms with Crippen LogP contribution in [0.3, 0.4) is 0 Å². The Morgan fingerprint density at radius 1 is 1.21 bits per heavy atom. The van der Waals surface area contributed by atoms with E-state index in [-0.39, 0.29) is 11.9 Å². The van der Waals surface area contributed by atoms with Gasteiger partial charge in [0.2, 0.25) is 0 Å². The van der Waals surface area contributed by atoms with E-state index in [4.69, 9.17) is 4.74 Å². The van der Waals surface area contributed by atoms with E-state index in [1.807, 2.05) is 30.5 Å². The summed E-state index contributed by atoms with van der Waals surface area (Å²) in [6.45, 7) is 2.06. The lowest BCUT2D eigenvalue weighted by Gasteiger charge is -2.15. The van der Waals surface area contributed by atoms with Crippen LogP contribution in [-0.4, -0.2) is 52.9 Å². The first-order valence-electron chi connectivity index (χ1n) is 8.48. The maximum atomic E-state index is 12.4. The fraction of sp³-hybridized carbons (Fsp3) is 0.444. The molecule has 2 heterocycles. The highest BCUT2D eigenvalue weighted by Gasteiger charge is 2.34. The number of hydrogen-bond donors (Lipinski definition) is 1. The van der Waals surface area contributed by atoms with Crippen LogP contribution in [0.5, 0.6) is 5.75 Å². The predicted molar refractivity (Wildman–Crippen MR) is 90.6 cm³/mol. The number of benzene rings is 1. The molecule has 2 fully saturated rings. The topological polar surface area (TPSA) is 59.4 Å². The summed E-state index contributed by atoms with van der Waals surface area (Å²) in [4.78, 5) is 14.9. The van der Waals surface area contributed by atoms with E-state index in [0.29, 0.717) is 5.69 Å². The Kier molecular flexibility index (Phi) is 3.98. The highest BCUT2D eigenvalue weighted by atomic mass is 16.5. The molecule has 6 nitrogen and oxygen atoms in total. The van der Waals surface area contributed by atoms with Gasteiger partial charge in [0, 0.05) is 31.4 Å². The van der Waals surface area contributed by atoms with Crippen LogP contribution in [0.2, 0.25) is 0 Å². The summed E-state index contributed by atoms with van der Waals surface area (Å²) in [5, 5.41) is 7.51. The van der Waals surface area contributed by atoms with Gasteiger partial charge in [-0.05, 0) is 49.6 Å². The molecule has 6 heteroatoms. The largest absolute Gasteiger partial charge is 0.497 e. The van der Waals surface area contributed by atoms with Crippen LogP contribution in [0.25, 0.3) is 5.69 Å². The lowest BCUT2D eigenvalue weighted by Crippen LogP contribution is -2.37. The number of likely N-dealkylation sites (tertiary alicyclic amines) is 1. The molecule has 1 saturated carbocycles. The minimum atomic E-state index is -0.0927. The maximum absolute atomic E-state index is 12.4. The van der Waals surface area contributed by atoms with Crippen molar-refractivity contribution in [3.63, 3.8) is 0 Å². The molecule has 1 aromatic carbocycles. The van der Waals surface area contributed by atoms with Gasteiger partial charge in [0.25, 0.3) is 5.91 Å². The third-order valence-electron chi connectivity index (χ3n) is 4.78. The predicted octanol–water partition coefficient (Wildman–Crippen LogP) is 1.85. The number of aromatic nitrogens is 2. The van der Waals surface area contributed by atoms with E-state index in [0.717, 1.165) is 37.0 Å². The van der Waals surface area contributed by atoms with Crippen LogP contribution in [-0.2, 0) is 0 Å². The molecule has 1 aliphatic carbocycles. The molecular formula is C18H22N4O2. The number of nitrogens with one attached hydrogen (secondary N) is 1. The zero-order valence-corrected chi connectivity index (χ0v) is 13.8. The molecule has 1 N–H and O–H groups in total. The van der Waals surface area contributed by atoms with Crippen LogP contribution >= 0.6 is 0 Å². The number of ether oxygens (including phenoxy) is 1. The molecule has 24 heavy (non-hydrogen) atoms. The number of rotatable bonds is 5. The average molecular weight is 326 g/mol. The first-order chi connectivity index (χ1) is 11.7. The summed E-state index contributed by atoms with van der Waals surface area (Å²) in [7, 11) is 1.64. The summed E-state index contributed by atoms with van der Waals surface area (Å²) in [6, 6.07) is 10.3. The quantitative estimate of drug-likeness (QED) is 0.911. The summed E-state index contributed by atoms with van der Waals surface area (Å²) in [5.41, 5.74) is 1.35. The zero-order valence-electron chi connectivity index (χ0n) is 13.8. The number of nitrogens with zero attached hydrogens (tertiary/aromatic N) is 3. The molecule has 126 valence electrons. The molecule has 1 atom stereocenters. The molecular weight excluding hydrogens is 304 g/mol. The third kappa shape index (κ3) is 3.14. The average Bonchev–Trinajstić information content (AvgIpc) is 3.16. The molecule has 1 amide bonds. The van der Waals surface area contributed by atoms with Crippen molar-refractivity contribution >= 4 is 5.91 Å². The highest BCUT2D eigenvalue weighted by molar-refractivity contribution is 5.92. The molecule has 2 aromatic rings. The minimum absolute atomic E-state index is 0.0927. The number of carbonyl (C=O) groups is 1. The normalized spacial score (nSPS) is 21.0. The van der Waals surface area contributed by atoms with Crippen molar-refractivity contribution in [2.45, 2.75) is 31.3 Å². The molecule has 4 rings (SSSR count). The van der Waals surface area contributed by atoms with E-state index >= 15 is 0 Å². The lowest BCUT2D eigenvalue weighted by atomic mass is 10.2. The van der Waals surface area contributed by atoms with Gasteiger partial charge in [-0.2, -0.15) is 5.10 Å². The first-order valence-corrected chi connectivity index (χ1v) is 8.48. The Hall–Kier alpha value is -2.34. The summed E-state index contributed by atoms with van der Waals surface area (Å²) in [5.74, 6) is 0.704. The molecule has 2 aliphatic rings. The third-order valence-corrected chi connectivity index (χ3v) is 4.78. The lowest BCUT2D eigenvalue weighted by molar-refractivity contribution is 0.0932. The van der Waals surface area contributed by atoms with E-state index < -0.39 is 0 Å². The van der Waals surface area contributed by atoms with Crippen molar-refractivity contribution in [2.75, 3.05) is 20.2 Å². The van der Waals surface area contributed by atoms with Gasteiger partial charge in [0.1, 0.15) is 5.75 Å². The van der Waals surface area contributed by atoms with Crippen molar-refractivity contribution in [3.05, 3.63) is 42.2 Å². The molecule has 0 spiro atoms. The van der Waals surface area contributed by atoms with Gasteiger partial charge in [0.15, 0.2) is 5.69 Å². The maximum Gasteiger partial charge on any atom is 0.272 e. The van der Waals surface area contributed by atoms with Crippen molar-refractivity contribution in [1.29, 1.82) is 0 Å². The zero-order chi connectivity index (χ0) is 16.5. The Morgan fingerprint density at radius 2 is 2.00 bits per heavy atom. The minimum Gasteiger partial charge on any atom is -0.497 e. The number of methoxy groups -OCH3 is 1. The molecule has 1 aliphatic heterocycles. The molecule has 0 bridgehead atoms. The standard InChI is InChI=1S/C18H22N4O2/c1-24-16-6-4-15(5-7-16)22-11-9-17(20-22)18(23)19-13-8-10-21(12-13)14-2-3-14/h4-7,9,11,13-14H,2-3,8,10,12H2,1H3,(H,19,23)/t13-/m0/s1. The van der Waals surface area contributed by atoms with Gasteiger partial charge >= 0.3 is 0 Å². The van der Waals surface area contributed by atoms with Gasteiger partial charge in [-0.15, -0.1) is 0 Å². The van der Waals surface area contributed by atoms with Gasteiger partial charge in [-0.1, -0.05) is 0 Å². The number of carbonyl (C=O) groups excluding carboxylic acids is 1. The Labute approximate surface area is 141 Å². The highest BCUT2D eigenvalue weighted by Crippen LogP contribution is 2.29. The molecule has 0 radical (unpaired) electrons. The Bertz CT molecular complexity index is 721. The summed E-state index contributed by atoms with van der Waals surface area (Å²) >= 11 is 0. The van der Waals surface area contributed by atoms with Crippen LogP contribution in [0.4, 0.5) is 0 Å². The molecule has 1 aromatic heterocycles. The van der Waals surface area contributed by atoms with E-state index in [1.54, 1.807) is 17.9 Å². The van der Waals surface area contributed by atoms with Crippen molar-refractivity contribution in [1.82, 2.24) is 20.0 Å². The smallest absolute Gasteiger partial charge is 0.272 e. The van der Waals surface area contributed by atoms with Crippen LogP contribution < -0.4 is 10.1 Å². The second kappa shape index (κ2) is 6.28. The van der Waals surface area contributed by atoms with Crippen LogP contribution in [0.15, 0.2) is 36.5 Å². The molecule has 1 saturated heterocycles. The molecule has 0 unspecified atom stereocenters. The van der Waals surface area contributed by atoms with Gasteiger partial charge in [-0.25, -0.2) is 4.68 Å². The van der Waals surface area contributed by atoms with Crippen molar-refractivity contribution in [2.24, 2.45) is 0 Å². The first kappa shape index (κ1) is 15.2. The SMILES string of the molecule is COc1ccc(-n2ccc(C(=O)N[C@H]3CCN(C4CC4)C3)n2)cc1. The summed E-state index contributed by atoms with van der Waals surface area (Å²) < 4.78 is 6.86. The van der Waals surface area contributed by atoms with Gasteiger partial charge in [0.05, 0.1) is 12.8 Å². The van der Waals surface area contributed by atoms with Crippen LogP contribution in [0.1, 0.15) is 29.8 Å². The monoisotopic (exact) mass is 326 g/mol. The van der Waals surface area contributed by atoms with Crippen molar-refractivity contribution < 1.29 is 9.53 Å². The van der Waals surface area contributed by atoms with Crippen LogP contribution in [0, 0.1) is 0 Å². The van der Waals surface area contributed by atoms with E-state index in [1.165, 1.54) is 12.8 Å². The summed E-state index contributed by atoms with van der Waals surface area (Å²) in [6.07, 6.45) is 5.46. The van der Waals surface area contributed by atoms with Gasteiger partial charge in [-0.3, -0.25) is 9.69 Å². The second-order valence-electron chi connectivity index (χ2n) is 6.53. The fourth-order valence-electron chi connectivity index (χ4n) is 3.26. The van der Waals surface area contributed by atoms with E-state index in [9.17, 15) is 4.79 Å². The Balaban J connectivity index is 1.39. The number of hydrogen-bond acceptors (Lipinski definition) is 4. The van der Waals surface area contributed by atoms with Crippen molar-refractivity contribution in [3.8, 4) is 11.4 Å². The number of amides is 1. The van der Waals surface area contributed by atoms with Gasteiger partial charge < -0.3 is 10.1 Å². The fourth-order valence-corrected chi connectivity index (χ4v) is 3.26. The Morgan fingerprint density at radius 3 is 2.71 bits per heavy atom.